The molecular weight excluding hydrogens is 713 g/mol. The maximum Gasteiger partial charge on any atom is 0.472 e. The normalized spacial score (nSPS) is 21.5. The van der Waals surface area contributed by atoms with Crippen molar-refractivity contribution in [2.24, 2.45) is 17.6 Å². The molecule has 1 unspecified atom stereocenters. The number of hydrogen-bond donors (Lipinski definition) is 5. The van der Waals surface area contributed by atoms with Crippen LogP contribution in [0.15, 0.2) is 60.8 Å². The number of ether oxygens (including phenoxy) is 2. The van der Waals surface area contributed by atoms with E-state index in [-0.39, 0.29) is 44.2 Å². The highest BCUT2D eigenvalue weighted by molar-refractivity contribution is 7.47. The fraction of sp³-hybridized carbons (Fsp3) is 0.707. The van der Waals surface area contributed by atoms with Gasteiger partial charge in [0.25, 0.3) is 0 Å². The van der Waals surface area contributed by atoms with Gasteiger partial charge in [0.1, 0.15) is 6.61 Å². The number of allylic oxidation sites excluding steroid dienone is 7. The minimum Gasteiger partial charge on any atom is -0.461 e. The summed E-state index contributed by atoms with van der Waals surface area (Å²) in [4.78, 5) is 35.0. The van der Waals surface area contributed by atoms with E-state index in [0.717, 1.165) is 51.4 Å². The van der Waals surface area contributed by atoms with E-state index in [2.05, 4.69) is 50.3 Å². The number of aliphatic hydroxyl groups excluding tert-OH is 3. The number of phosphoric ester groups is 1. The van der Waals surface area contributed by atoms with Gasteiger partial charge in [0.05, 0.1) is 37.9 Å². The van der Waals surface area contributed by atoms with Crippen LogP contribution in [0.3, 0.4) is 0 Å². The second kappa shape index (κ2) is 31.8. The Labute approximate surface area is 324 Å². The molecule has 6 N–H and O–H groups in total. The van der Waals surface area contributed by atoms with Crippen molar-refractivity contribution in [3.63, 3.8) is 0 Å². The molecule has 1 rings (SSSR count). The Morgan fingerprint density at radius 3 is 2.13 bits per heavy atom. The Balaban J connectivity index is 2.54. The van der Waals surface area contributed by atoms with Crippen molar-refractivity contribution in [3.05, 3.63) is 60.8 Å². The van der Waals surface area contributed by atoms with Gasteiger partial charge in [-0.05, 0) is 63.7 Å². The smallest absolute Gasteiger partial charge is 0.461 e. The van der Waals surface area contributed by atoms with Crippen molar-refractivity contribution in [1.82, 2.24) is 0 Å². The van der Waals surface area contributed by atoms with Gasteiger partial charge in [-0.15, -0.1) is 0 Å². The molecule has 0 amide bonds. The molecule has 1 fully saturated rings. The molecule has 1 aliphatic carbocycles. The van der Waals surface area contributed by atoms with Crippen molar-refractivity contribution in [3.8, 4) is 0 Å². The molecular formula is C41H70NO11P. The number of nitrogens with two attached hydrogens (primary N) is 1. The second-order valence-corrected chi connectivity index (χ2v) is 15.2. The van der Waals surface area contributed by atoms with Gasteiger partial charge in [-0.3, -0.25) is 18.6 Å². The van der Waals surface area contributed by atoms with Crippen LogP contribution in [0.5, 0.6) is 0 Å². The van der Waals surface area contributed by atoms with Crippen LogP contribution in [-0.2, 0) is 32.7 Å². The third kappa shape index (κ3) is 25.6. The van der Waals surface area contributed by atoms with Gasteiger partial charge in [-0.1, -0.05) is 107 Å². The molecule has 13 heteroatoms. The minimum absolute atomic E-state index is 0.0000910. The van der Waals surface area contributed by atoms with E-state index >= 15 is 0 Å². The lowest BCUT2D eigenvalue weighted by molar-refractivity contribution is -0.160. The number of carbonyl (C=O) groups excluding carboxylic acids is 2. The first kappa shape index (κ1) is 49.6. The first-order chi connectivity index (χ1) is 26.0. The Morgan fingerprint density at radius 1 is 0.815 bits per heavy atom. The van der Waals surface area contributed by atoms with Gasteiger partial charge >= 0.3 is 19.8 Å². The SMILES string of the molecule is CCCCC/C=C\C/C=C\C/C=C\CCCCC(=O)O[C@H](COC(=O)C/C=C\C[C@H]1[C@@H](/C=C/[C@H](O)CCCCC)[C@H](O)C[C@@H]1O)COP(=O)(O)OCCN. The summed E-state index contributed by atoms with van der Waals surface area (Å²) in [6.07, 6.45) is 29.6. The van der Waals surface area contributed by atoms with Gasteiger partial charge in [-0.2, -0.15) is 0 Å². The molecule has 0 saturated heterocycles. The van der Waals surface area contributed by atoms with Crippen molar-refractivity contribution in [2.75, 3.05) is 26.4 Å². The van der Waals surface area contributed by atoms with Gasteiger partial charge in [0.2, 0.25) is 0 Å². The first-order valence-electron chi connectivity index (χ1n) is 20.0. The van der Waals surface area contributed by atoms with Crippen LogP contribution >= 0.6 is 7.82 Å². The molecule has 0 aliphatic heterocycles. The molecule has 0 aromatic heterocycles. The molecule has 0 bridgehead atoms. The van der Waals surface area contributed by atoms with E-state index < -0.39 is 57.4 Å². The predicted molar refractivity (Wildman–Crippen MR) is 212 cm³/mol. The lowest BCUT2D eigenvalue weighted by atomic mass is 9.89. The highest BCUT2D eigenvalue weighted by atomic mass is 31.2. The van der Waals surface area contributed by atoms with E-state index in [1.165, 1.54) is 19.3 Å². The molecule has 0 aromatic rings. The topological polar surface area (TPSA) is 195 Å². The van der Waals surface area contributed by atoms with Crippen molar-refractivity contribution in [2.45, 2.75) is 147 Å². The molecule has 0 heterocycles. The fourth-order valence-corrected chi connectivity index (χ4v) is 6.67. The monoisotopic (exact) mass is 783 g/mol. The zero-order valence-electron chi connectivity index (χ0n) is 32.8. The third-order valence-corrected chi connectivity index (χ3v) is 9.96. The molecule has 1 saturated carbocycles. The van der Waals surface area contributed by atoms with E-state index in [1.807, 2.05) is 0 Å². The lowest BCUT2D eigenvalue weighted by Gasteiger charge is -2.20. The zero-order valence-corrected chi connectivity index (χ0v) is 33.7. The van der Waals surface area contributed by atoms with Crippen LogP contribution in [-0.4, -0.2) is 82.9 Å². The highest BCUT2D eigenvalue weighted by Crippen LogP contribution is 2.43. The third-order valence-electron chi connectivity index (χ3n) is 8.98. The summed E-state index contributed by atoms with van der Waals surface area (Å²) in [6, 6.07) is 0. The molecule has 0 spiro atoms. The van der Waals surface area contributed by atoms with Gasteiger partial charge in [0, 0.05) is 25.3 Å². The van der Waals surface area contributed by atoms with Crippen LogP contribution in [0, 0.1) is 11.8 Å². The number of esters is 2. The van der Waals surface area contributed by atoms with Crippen LogP contribution < -0.4 is 5.73 Å². The second-order valence-electron chi connectivity index (χ2n) is 13.8. The van der Waals surface area contributed by atoms with Crippen molar-refractivity contribution in [1.29, 1.82) is 0 Å². The van der Waals surface area contributed by atoms with Gasteiger partial charge in [0.15, 0.2) is 6.10 Å². The van der Waals surface area contributed by atoms with Gasteiger partial charge in [-0.25, -0.2) is 4.57 Å². The van der Waals surface area contributed by atoms with Crippen LogP contribution in [0.1, 0.15) is 123 Å². The summed E-state index contributed by atoms with van der Waals surface area (Å²) in [6.45, 7) is 3.14. The molecule has 0 aromatic carbocycles. The zero-order chi connectivity index (χ0) is 39.9. The number of aliphatic hydroxyl groups is 3. The molecule has 1 aliphatic rings. The summed E-state index contributed by atoms with van der Waals surface area (Å²) >= 11 is 0. The minimum atomic E-state index is -4.47. The molecule has 7 atom stereocenters. The molecule has 54 heavy (non-hydrogen) atoms. The van der Waals surface area contributed by atoms with Crippen LogP contribution in [0.2, 0.25) is 0 Å². The van der Waals surface area contributed by atoms with Crippen molar-refractivity contribution >= 4 is 19.8 Å². The molecule has 0 radical (unpaired) electrons. The predicted octanol–water partition coefficient (Wildman–Crippen LogP) is 7.31. The van der Waals surface area contributed by atoms with E-state index in [1.54, 1.807) is 24.3 Å². The quantitative estimate of drug-likeness (QED) is 0.0198. The Kier molecular flexibility index (Phi) is 29.2. The average molecular weight is 784 g/mol. The van der Waals surface area contributed by atoms with E-state index in [0.29, 0.717) is 19.3 Å². The number of hydrogen-bond acceptors (Lipinski definition) is 11. The highest BCUT2D eigenvalue weighted by Gasteiger charge is 2.39. The largest absolute Gasteiger partial charge is 0.472 e. The number of rotatable bonds is 32. The molecule has 12 nitrogen and oxygen atoms in total. The maximum atomic E-state index is 12.6. The van der Waals surface area contributed by atoms with Crippen LogP contribution in [0.4, 0.5) is 0 Å². The first-order valence-corrected chi connectivity index (χ1v) is 21.5. The maximum absolute atomic E-state index is 12.6. The number of phosphoric acid groups is 1. The number of carbonyl (C=O) groups is 2. The van der Waals surface area contributed by atoms with Crippen LogP contribution in [0.25, 0.3) is 0 Å². The Hall–Kier alpha value is -2.41. The Bertz CT molecular complexity index is 1190. The van der Waals surface area contributed by atoms with E-state index in [9.17, 15) is 34.4 Å². The number of unbranched alkanes of at least 4 members (excludes halogenated alkanes) is 7. The van der Waals surface area contributed by atoms with Gasteiger partial charge < -0.3 is 35.4 Å². The average Bonchev–Trinajstić information content (AvgIpc) is 3.41. The summed E-state index contributed by atoms with van der Waals surface area (Å²) in [5.74, 6) is -1.79. The lowest BCUT2D eigenvalue weighted by Crippen LogP contribution is -2.29. The summed E-state index contributed by atoms with van der Waals surface area (Å²) in [5, 5.41) is 31.2. The summed E-state index contributed by atoms with van der Waals surface area (Å²) in [5.41, 5.74) is 5.33. The van der Waals surface area contributed by atoms with Crippen molar-refractivity contribution < 1.29 is 52.9 Å². The standard InChI is InChI=1S/C41H70NO11P/c1-3-5-7-8-9-10-11-12-13-14-15-16-17-18-20-26-41(47)53-35(33-52-54(48,49)51-30-29-42)32-50-40(46)25-22-21-24-36-37(39(45)31-38(36)44)28-27-34(43)23-19-6-4-2/h9-10,12-13,15-16,21-22,27-28,34-39,43-45H,3-8,11,14,17-20,23-26,29-33,42H2,1-2H3,(H,48,49)/b10-9-,13-12-,16-15-,22-21-,28-27+/t34-,35-,36+,37-,38+,39-/m1/s1. The summed E-state index contributed by atoms with van der Waals surface area (Å²) < 4.78 is 32.6. The Morgan fingerprint density at radius 2 is 1.46 bits per heavy atom. The fourth-order valence-electron chi connectivity index (χ4n) is 5.91. The van der Waals surface area contributed by atoms with E-state index in [4.69, 9.17) is 24.3 Å². The summed E-state index contributed by atoms with van der Waals surface area (Å²) in [7, 11) is -4.47. The molecule has 310 valence electrons.